The summed E-state index contributed by atoms with van der Waals surface area (Å²) in [6, 6.07) is 10.4. The molecule has 0 spiro atoms. The van der Waals surface area contributed by atoms with Crippen LogP contribution in [-0.4, -0.2) is 36.5 Å². The third kappa shape index (κ3) is 4.12. The highest BCUT2D eigenvalue weighted by molar-refractivity contribution is 7.89. The van der Waals surface area contributed by atoms with Gasteiger partial charge in [0.1, 0.15) is 17.1 Å². The Morgan fingerprint density at radius 2 is 1.90 bits per heavy atom. The zero-order valence-electron chi connectivity index (χ0n) is 17.2. The van der Waals surface area contributed by atoms with Gasteiger partial charge < -0.3 is 9.47 Å². The highest BCUT2D eigenvalue weighted by atomic mass is 32.2. The van der Waals surface area contributed by atoms with Gasteiger partial charge in [0.15, 0.2) is 0 Å². The number of ether oxygens (including phenoxy) is 2. The largest absolute Gasteiger partial charge is 0.497 e. The van der Waals surface area contributed by atoms with Crippen LogP contribution in [0.15, 0.2) is 41.3 Å². The maximum Gasteiger partial charge on any atom is 0.243 e. The van der Waals surface area contributed by atoms with E-state index in [9.17, 15) is 8.42 Å². The molecular weight excluding hydrogens is 388 g/mol. The molecule has 2 aromatic rings. The van der Waals surface area contributed by atoms with Gasteiger partial charge in [0.25, 0.3) is 0 Å². The van der Waals surface area contributed by atoms with Crippen molar-refractivity contribution >= 4 is 10.0 Å². The van der Waals surface area contributed by atoms with Crippen molar-refractivity contribution < 1.29 is 17.9 Å². The molecular formula is C22H28N2O4S. The van der Waals surface area contributed by atoms with Crippen LogP contribution in [0.2, 0.25) is 0 Å². The van der Waals surface area contributed by atoms with E-state index >= 15 is 0 Å². The Kier molecular flexibility index (Phi) is 5.29. The summed E-state index contributed by atoms with van der Waals surface area (Å²) in [7, 11) is -2.05. The Balaban J connectivity index is 1.61. The lowest BCUT2D eigenvalue weighted by molar-refractivity contribution is 0.0828. The molecule has 2 aliphatic rings. The average molecular weight is 417 g/mol. The SMILES string of the molecule is COc1ccc(S(=O)(=O)N(Cc2ccc3c(n2)CCC(C)(C)O3)C2CCC2)cc1. The molecule has 29 heavy (non-hydrogen) atoms. The van der Waals surface area contributed by atoms with Gasteiger partial charge in [0.2, 0.25) is 10.0 Å². The van der Waals surface area contributed by atoms with Crippen molar-refractivity contribution in [2.75, 3.05) is 7.11 Å². The minimum Gasteiger partial charge on any atom is -0.497 e. The first-order valence-electron chi connectivity index (χ1n) is 10.1. The predicted molar refractivity (Wildman–Crippen MR) is 111 cm³/mol. The number of fused-ring (bicyclic) bond motifs is 1. The molecule has 0 unspecified atom stereocenters. The number of hydrogen-bond acceptors (Lipinski definition) is 5. The summed E-state index contributed by atoms with van der Waals surface area (Å²) in [6.45, 7) is 4.42. The second kappa shape index (κ2) is 7.61. The molecule has 0 saturated heterocycles. The molecule has 7 heteroatoms. The number of aromatic nitrogens is 1. The number of hydrogen-bond donors (Lipinski definition) is 0. The van der Waals surface area contributed by atoms with Gasteiger partial charge in [0.05, 0.1) is 29.9 Å². The summed E-state index contributed by atoms with van der Waals surface area (Å²) >= 11 is 0. The number of aryl methyl sites for hydroxylation is 1. The number of sulfonamides is 1. The quantitative estimate of drug-likeness (QED) is 0.714. The van der Waals surface area contributed by atoms with E-state index in [0.717, 1.165) is 49.2 Å². The second-order valence-corrected chi connectivity index (χ2v) is 10.3. The second-order valence-electron chi connectivity index (χ2n) is 8.42. The molecule has 0 amide bonds. The molecule has 0 radical (unpaired) electrons. The fourth-order valence-electron chi connectivity index (χ4n) is 3.79. The number of rotatable bonds is 6. The lowest BCUT2D eigenvalue weighted by atomic mass is 9.93. The first-order chi connectivity index (χ1) is 13.8. The average Bonchev–Trinajstić information content (AvgIpc) is 2.65. The molecule has 6 nitrogen and oxygen atoms in total. The van der Waals surface area contributed by atoms with Crippen LogP contribution in [0, 0.1) is 0 Å². The zero-order valence-corrected chi connectivity index (χ0v) is 18.0. The summed E-state index contributed by atoms with van der Waals surface area (Å²) in [5.41, 5.74) is 1.49. The van der Waals surface area contributed by atoms with Gasteiger partial charge in [-0.15, -0.1) is 0 Å². The van der Waals surface area contributed by atoms with Gasteiger partial charge >= 0.3 is 0 Å². The van der Waals surface area contributed by atoms with Crippen molar-refractivity contribution in [2.45, 2.75) is 69.0 Å². The van der Waals surface area contributed by atoms with Gasteiger partial charge in [0, 0.05) is 6.04 Å². The van der Waals surface area contributed by atoms with Crippen LogP contribution in [0.4, 0.5) is 0 Å². The Hall–Kier alpha value is -2.12. The minimum absolute atomic E-state index is 0.0233. The van der Waals surface area contributed by atoms with Gasteiger partial charge in [-0.2, -0.15) is 4.31 Å². The van der Waals surface area contributed by atoms with Gasteiger partial charge in [-0.25, -0.2) is 8.42 Å². The number of pyridine rings is 1. The van der Waals surface area contributed by atoms with Crippen LogP contribution >= 0.6 is 0 Å². The molecule has 1 aliphatic carbocycles. The van der Waals surface area contributed by atoms with E-state index in [-0.39, 0.29) is 23.1 Å². The highest BCUT2D eigenvalue weighted by Gasteiger charge is 2.36. The molecule has 4 rings (SSSR count). The highest BCUT2D eigenvalue weighted by Crippen LogP contribution is 2.34. The Labute approximate surface area is 172 Å². The number of benzene rings is 1. The van der Waals surface area contributed by atoms with E-state index in [0.29, 0.717) is 5.75 Å². The number of methoxy groups -OCH3 is 1. The van der Waals surface area contributed by atoms with Crippen molar-refractivity contribution in [3.63, 3.8) is 0 Å². The smallest absolute Gasteiger partial charge is 0.243 e. The summed E-state index contributed by atoms with van der Waals surface area (Å²) in [6.07, 6.45) is 4.56. The molecule has 0 bridgehead atoms. The minimum atomic E-state index is -3.62. The molecule has 1 fully saturated rings. The first-order valence-corrected chi connectivity index (χ1v) is 11.6. The van der Waals surface area contributed by atoms with Crippen LogP contribution < -0.4 is 9.47 Å². The normalized spacial score (nSPS) is 18.6. The van der Waals surface area contributed by atoms with Crippen molar-refractivity contribution in [1.29, 1.82) is 0 Å². The van der Waals surface area contributed by atoms with Crippen LogP contribution in [-0.2, 0) is 23.0 Å². The van der Waals surface area contributed by atoms with E-state index in [4.69, 9.17) is 14.5 Å². The maximum atomic E-state index is 13.4. The Bertz CT molecular complexity index is 982. The van der Waals surface area contributed by atoms with Crippen LogP contribution in [0.5, 0.6) is 11.5 Å². The predicted octanol–water partition coefficient (Wildman–Crippen LogP) is 3.94. The lowest BCUT2D eigenvalue weighted by Crippen LogP contribution is -2.43. The van der Waals surface area contributed by atoms with E-state index in [1.165, 1.54) is 0 Å². The van der Waals surface area contributed by atoms with Gasteiger partial charge in [-0.05, 0) is 75.9 Å². The third-order valence-corrected chi connectivity index (χ3v) is 7.72. The zero-order chi connectivity index (χ0) is 20.6. The Morgan fingerprint density at radius 3 is 2.52 bits per heavy atom. The first kappa shape index (κ1) is 20.2. The van der Waals surface area contributed by atoms with Crippen molar-refractivity contribution in [2.24, 2.45) is 0 Å². The van der Waals surface area contributed by atoms with E-state index in [1.54, 1.807) is 35.7 Å². The summed E-state index contributed by atoms with van der Waals surface area (Å²) in [5.74, 6) is 1.44. The van der Waals surface area contributed by atoms with E-state index < -0.39 is 10.0 Å². The molecule has 0 N–H and O–H groups in total. The molecule has 0 atom stereocenters. The summed E-state index contributed by atoms with van der Waals surface area (Å²) in [5, 5.41) is 0. The fraction of sp³-hybridized carbons (Fsp3) is 0.500. The molecule has 156 valence electrons. The van der Waals surface area contributed by atoms with Crippen LogP contribution in [0.1, 0.15) is 50.9 Å². The topological polar surface area (TPSA) is 68.7 Å². The van der Waals surface area contributed by atoms with Crippen molar-refractivity contribution in [3.8, 4) is 11.5 Å². The molecule has 1 aliphatic heterocycles. The van der Waals surface area contributed by atoms with Crippen LogP contribution in [0.25, 0.3) is 0 Å². The number of nitrogens with zero attached hydrogens (tertiary/aromatic N) is 2. The molecule has 1 aromatic carbocycles. The summed E-state index contributed by atoms with van der Waals surface area (Å²) < 4.78 is 39.5. The maximum absolute atomic E-state index is 13.4. The monoisotopic (exact) mass is 416 g/mol. The van der Waals surface area contributed by atoms with Gasteiger partial charge in [-0.1, -0.05) is 6.42 Å². The Morgan fingerprint density at radius 1 is 1.17 bits per heavy atom. The van der Waals surface area contributed by atoms with Crippen molar-refractivity contribution in [1.82, 2.24) is 9.29 Å². The lowest BCUT2D eigenvalue weighted by Gasteiger charge is -2.36. The van der Waals surface area contributed by atoms with E-state index in [2.05, 4.69) is 13.8 Å². The van der Waals surface area contributed by atoms with Gasteiger partial charge in [-0.3, -0.25) is 4.98 Å². The standard InChI is InChI=1S/C22H28N2O4S/c1-22(2)14-13-20-21(28-22)12-7-16(23-20)15-24(17-5-4-6-17)29(25,26)19-10-8-18(27-3)9-11-19/h7-12,17H,4-6,13-15H2,1-3H3. The summed E-state index contributed by atoms with van der Waals surface area (Å²) in [4.78, 5) is 5.03. The fourth-order valence-corrected chi connectivity index (χ4v) is 5.45. The molecule has 1 saturated carbocycles. The van der Waals surface area contributed by atoms with Crippen molar-refractivity contribution in [3.05, 3.63) is 47.8 Å². The third-order valence-electron chi connectivity index (χ3n) is 5.81. The van der Waals surface area contributed by atoms with E-state index in [1.807, 2.05) is 12.1 Å². The molecule has 2 heterocycles. The molecule has 1 aromatic heterocycles. The van der Waals surface area contributed by atoms with Crippen LogP contribution in [0.3, 0.4) is 0 Å².